The summed E-state index contributed by atoms with van der Waals surface area (Å²) in [5.74, 6) is 0.958. The molecule has 0 fully saturated rings. The Balaban J connectivity index is 4.46. The number of unbranched alkanes of at least 4 members (excludes halogenated alkanes) is 1. The lowest BCUT2D eigenvalue weighted by molar-refractivity contribution is -0.129. The molecule has 0 aliphatic rings. The molecule has 0 aromatic heterocycles. The zero-order chi connectivity index (χ0) is 13.3. The first kappa shape index (κ1) is 16.6. The number of nitrogens with two attached hydrogens (primary N) is 1. The van der Waals surface area contributed by atoms with Crippen molar-refractivity contribution in [3.8, 4) is 0 Å². The molecule has 1 atom stereocenters. The van der Waals surface area contributed by atoms with E-state index in [-0.39, 0.29) is 5.41 Å². The molecule has 102 valence electrons. The first-order valence-electron chi connectivity index (χ1n) is 7.33. The van der Waals surface area contributed by atoms with Crippen molar-refractivity contribution in [3.63, 3.8) is 0 Å². The normalized spacial score (nSPS) is 13.7. The second kappa shape index (κ2) is 8.68. The van der Waals surface area contributed by atoms with Crippen molar-refractivity contribution in [1.82, 2.24) is 0 Å². The quantitative estimate of drug-likeness (QED) is 0.630. The predicted molar refractivity (Wildman–Crippen MR) is 75.0 cm³/mol. The largest absolute Gasteiger partial charge is 0.329 e. The van der Waals surface area contributed by atoms with Gasteiger partial charge in [0.1, 0.15) is 5.78 Å². The van der Waals surface area contributed by atoms with Crippen molar-refractivity contribution < 1.29 is 4.79 Å². The van der Waals surface area contributed by atoms with Gasteiger partial charge >= 0.3 is 0 Å². The Bertz CT molecular complexity index is 201. The maximum atomic E-state index is 12.4. The number of Topliss-reactive ketones (excluding diaryl/α,β-unsaturated/α-hetero) is 1. The van der Waals surface area contributed by atoms with Crippen LogP contribution in [0.3, 0.4) is 0 Å². The molecule has 0 rings (SSSR count). The molecule has 0 heterocycles. The SMILES string of the molecule is CCCCC(CC)CC(=O)C(CC)(CC)CN. The van der Waals surface area contributed by atoms with Crippen LogP contribution in [0.15, 0.2) is 0 Å². The molecule has 0 saturated heterocycles. The van der Waals surface area contributed by atoms with Crippen LogP contribution in [0, 0.1) is 11.3 Å². The average Bonchev–Trinajstić information content (AvgIpc) is 2.37. The third-order valence-corrected chi connectivity index (χ3v) is 4.35. The third-order valence-electron chi connectivity index (χ3n) is 4.35. The zero-order valence-electron chi connectivity index (χ0n) is 12.2. The lowest BCUT2D eigenvalue weighted by Gasteiger charge is -2.30. The summed E-state index contributed by atoms with van der Waals surface area (Å²) in [6.45, 7) is 9.07. The summed E-state index contributed by atoms with van der Waals surface area (Å²) < 4.78 is 0. The summed E-state index contributed by atoms with van der Waals surface area (Å²) in [7, 11) is 0. The number of hydrogen-bond donors (Lipinski definition) is 1. The molecule has 0 spiro atoms. The maximum absolute atomic E-state index is 12.4. The number of carbonyl (C=O) groups is 1. The van der Waals surface area contributed by atoms with Crippen LogP contribution < -0.4 is 5.73 Å². The van der Waals surface area contributed by atoms with Gasteiger partial charge in [-0.3, -0.25) is 4.79 Å². The summed E-state index contributed by atoms with van der Waals surface area (Å²) in [5.41, 5.74) is 5.58. The van der Waals surface area contributed by atoms with Crippen LogP contribution in [0.4, 0.5) is 0 Å². The molecule has 0 bridgehead atoms. The smallest absolute Gasteiger partial charge is 0.140 e. The van der Waals surface area contributed by atoms with Gasteiger partial charge < -0.3 is 5.73 Å². The average molecular weight is 241 g/mol. The summed E-state index contributed by atoms with van der Waals surface area (Å²) >= 11 is 0. The van der Waals surface area contributed by atoms with Gasteiger partial charge in [-0.2, -0.15) is 0 Å². The lowest BCUT2D eigenvalue weighted by Crippen LogP contribution is -2.38. The second-order valence-electron chi connectivity index (χ2n) is 5.24. The molecule has 0 aliphatic carbocycles. The van der Waals surface area contributed by atoms with Crippen LogP contribution in [0.5, 0.6) is 0 Å². The molecular formula is C15H31NO. The van der Waals surface area contributed by atoms with Crippen LogP contribution in [0.25, 0.3) is 0 Å². The minimum Gasteiger partial charge on any atom is -0.329 e. The molecule has 0 aromatic rings. The van der Waals surface area contributed by atoms with Gasteiger partial charge in [0.15, 0.2) is 0 Å². The van der Waals surface area contributed by atoms with E-state index in [9.17, 15) is 4.79 Å². The minimum absolute atomic E-state index is 0.250. The standard InChI is InChI=1S/C15H31NO/c1-5-9-10-13(6-2)11-14(17)15(7-3,8-4)12-16/h13H,5-12,16H2,1-4H3. The Hall–Kier alpha value is -0.370. The number of carbonyl (C=O) groups excluding carboxylic acids is 1. The van der Waals surface area contributed by atoms with E-state index in [4.69, 9.17) is 5.73 Å². The van der Waals surface area contributed by atoms with Crippen LogP contribution in [-0.2, 0) is 4.79 Å². The fourth-order valence-corrected chi connectivity index (χ4v) is 2.47. The van der Waals surface area contributed by atoms with Crippen molar-refractivity contribution in [2.75, 3.05) is 6.54 Å². The summed E-state index contributed by atoms with van der Waals surface area (Å²) in [4.78, 5) is 12.4. The molecule has 2 N–H and O–H groups in total. The molecule has 17 heavy (non-hydrogen) atoms. The Labute approximate surface area is 107 Å². The molecule has 2 nitrogen and oxygen atoms in total. The van der Waals surface area contributed by atoms with Gasteiger partial charge in [0, 0.05) is 18.4 Å². The van der Waals surface area contributed by atoms with Crippen molar-refractivity contribution in [3.05, 3.63) is 0 Å². The fraction of sp³-hybridized carbons (Fsp3) is 0.933. The van der Waals surface area contributed by atoms with Gasteiger partial charge in [-0.1, -0.05) is 53.4 Å². The topological polar surface area (TPSA) is 43.1 Å². The van der Waals surface area contributed by atoms with E-state index in [0.29, 0.717) is 18.2 Å². The molecule has 0 saturated carbocycles. The van der Waals surface area contributed by atoms with Crippen molar-refractivity contribution in [1.29, 1.82) is 0 Å². The highest BCUT2D eigenvalue weighted by atomic mass is 16.1. The summed E-state index contributed by atoms with van der Waals surface area (Å²) in [6.07, 6.45) is 7.24. The highest BCUT2D eigenvalue weighted by Crippen LogP contribution is 2.30. The monoisotopic (exact) mass is 241 g/mol. The van der Waals surface area contributed by atoms with E-state index in [0.717, 1.165) is 25.7 Å². The molecule has 0 radical (unpaired) electrons. The zero-order valence-corrected chi connectivity index (χ0v) is 12.2. The Morgan fingerprint density at radius 3 is 2.12 bits per heavy atom. The lowest BCUT2D eigenvalue weighted by atomic mass is 9.74. The number of hydrogen-bond acceptors (Lipinski definition) is 2. The van der Waals surface area contributed by atoms with Crippen molar-refractivity contribution in [2.45, 2.75) is 72.6 Å². The van der Waals surface area contributed by atoms with Gasteiger partial charge in [-0.05, 0) is 18.8 Å². The highest BCUT2D eigenvalue weighted by Gasteiger charge is 2.33. The van der Waals surface area contributed by atoms with Crippen LogP contribution in [-0.4, -0.2) is 12.3 Å². The maximum Gasteiger partial charge on any atom is 0.140 e. The van der Waals surface area contributed by atoms with Crippen LogP contribution in [0.1, 0.15) is 72.6 Å². The molecule has 0 aromatic carbocycles. The van der Waals surface area contributed by atoms with Gasteiger partial charge in [-0.15, -0.1) is 0 Å². The Kier molecular flexibility index (Phi) is 8.49. The third kappa shape index (κ3) is 4.79. The van der Waals surface area contributed by atoms with E-state index in [1.54, 1.807) is 0 Å². The fourth-order valence-electron chi connectivity index (χ4n) is 2.47. The Morgan fingerprint density at radius 2 is 1.76 bits per heavy atom. The van der Waals surface area contributed by atoms with E-state index >= 15 is 0 Å². The highest BCUT2D eigenvalue weighted by molar-refractivity contribution is 5.85. The molecule has 0 amide bonds. The predicted octanol–water partition coefficient (Wildman–Crippen LogP) is 3.93. The van der Waals surface area contributed by atoms with Crippen LogP contribution >= 0.6 is 0 Å². The summed E-state index contributed by atoms with van der Waals surface area (Å²) in [6, 6.07) is 0. The number of ketones is 1. The molecule has 2 heteroatoms. The second-order valence-corrected chi connectivity index (χ2v) is 5.24. The number of rotatable bonds is 10. The summed E-state index contributed by atoms with van der Waals surface area (Å²) in [5, 5.41) is 0. The van der Waals surface area contributed by atoms with E-state index in [1.807, 2.05) is 0 Å². The van der Waals surface area contributed by atoms with E-state index in [2.05, 4.69) is 27.7 Å². The van der Waals surface area contributed by atoms with Gasteiger partial charge in [0.25, 0.3) is 0 Å². The van der Waals surface area contributed by atoms with Gasteiger partial charge in [0.2, 0.25) is 0 Å². The van der Waals surface area contributed by atoms with Gasteiger partial charge in [0.05, 0.1) is 0 Å². The van der Waals surface area contributed by atoms with E-state index in [1.165, 1.54) is 19.3 Å². The first-order valence-corrected chi connectivity index (χ1v) is 7.33. The first-order chi connectivity index (χ1) is 8.10. The van der Waals surface area contributed by atoms with E-state index < -0.39 is 0 Å². The van der Waals surface area contributed by atoms with Crippen LogP contribution in [0.2, 0.25) is 0 Å². The van der Waals surface area contributed by atoms with Crippen molar-refractivity contribution >= 4 is 5.78 Å². The van der Waals surface area contributed by atoms with Crippen molar-refractivity contribution in [2.24, 2.45) is 17.1 Å². The van der Waals surface area contributed by atoms with Gasteiger partial charge in [-0.25, -0.2) is 0 Å². The molecule has 1 unspecified atom stereocenters. The Morgan fingerprint density at radius 1 is 1.18 bits per heavy atom. The molecule has 0 aliphatic heterocycles. The molecular weight excluding hydrogens is 210 g/mol. The minimum atomic E-state index is -0.250.